The molecule has 0 spiro atoms. The maximum absolute atomic E-state index is 4.70. The Morgan fingerprint density at radius 3 is 1.73 bits per heavy atom. The summed E-state index contributed by atoms with van der Waals surface area (Å²) in [6.07, 6.45) is 7.16. The van der Waals surface area contributed by atoms with E-state index in [9.17, 15) is 0 Å². The van der Waals surface area contributed by atoms with Gasteiger partial charge in [-0.3, -0.25) is 0 Å². The van der Waals surface area contributed by atoms with Crippen LogP contribution in [0.5, 0.6) is 0 Å². The first-order chi connectivity index (χ1) is 7.01. The maximum atomic E-state index is 4.70. The number of allylic oxidation sites excluding steroid dienone is 2. The Labute approximate surface area is 111 Å². The molecule has 0 aromatic rings. The predicted octanol–water partition coefficient (Wildman–Crippen LogP) is 5.63. The van der Waals surface area contributed by atoms with Crippen molar-refractivity contribution in [2.45, 2.75) is 52.4 Å². The summed E-state index contributed by atoms with van der Waals surface area (Å²) in [6.45, 7) is 11.6. The third kappa shape index (κ3) is 13.2. The van der Waals surface area contributed by atoms with Crippen molar-refractivity contribution in [3.8, 4) is 0 Å². The molecule has 0 saturated carbocycles. The minimum absolute atomic E-state index is 0.223. The van der Waals surface area contributed by atoms with Crippen molar-refractivity contribution in [3.63, 3.8) is 0 Å². The SMILES string of the molecule is CCC=CCP(C(C)C)C(C)C.[Cl][Ni][Cl]. The standard InChI is InChI=1S/C11H23P.2ClH.Ni/c1-6-7-8-9-12(10(2)3)11(4)5;;;/h7-8,10-11H,6,9H2,1-5H3;2*1H;/q;;;+2/p-2. The Hall–Kier alpha value is 1.24. The van der Waals surface area contributed by atoms with Gasteiger partial charge in [0.25, 0.3) is 0 Å². The van der Waals surface area contributed by atoms with Gasteiger partial charge >= 0.3 is 33.0 Å². The molecule has 0 aromatic heterocycles. The van der Waals surface area contributed by atoms with Gasteiger partial charge in [0.1, 0.15) is 0 Å². The molecule has 0 atom stereocenters. The van der Waals surface area contributed by atoms with E-state index < -0.39 is 0 Å². The van der Waals surface area contributed by atoms with Crippen LogP contribution in [0.3, 0.4) is 0 Å². The third-order valence-electron chi connectivity index (χ3n) is 2.05. The van der Waals surface area contributed by atoms with E-state index >= 15 is 0 Å². The van der Waals surface area contributed by atoms with Crippen molar-refractivity contribution in [3.05, 3.63) is 12.2 Å². The molecule has 0 heterocycles. The number of hydrogen-bond acceptors (Lipinski definition) is 0. The molecule has 15 heavy (non-hydrogen) atoms. The molecule has 0 rings (SSSR count). The normalized spacial score (nSPS) is 11.6. The third-order valence-corrected chi connectivity index (χ3v) is 5.33. The number of rotatable bonds is 5. The van der Waals surface area contributed by atoms with E-state index in [-0.39, 0.29) is 7.92 Å². The van der Waals surface area contributed by atoms with E-state index in [1.54, 1.807) is 0 Å². The summed E-state index contributed by atoms with van der Waals surface area (Å²) in [4.78, 5) is 0. The molecule has 0 amide bonds. The zero-order valence-corrected chi connectivity index (χ0v) is 13.6. The van der Waals surface area contributed by atoms with E-state index in [0.29, 0.717) is 12.7 Å². The molecule has 0 aliphatic rings. The van der Waals surface area contributed by atoms with E-state index in [1.807, 2.05) is 0 Å². The van der Waals surface area contributed by atoms with Crippen molar-refractivity contribution >= 4 is 28.3 Å². The molecule has 0 nitrogen and oxygen atoms in total. The van der Waals surface area contributed by atoms with Crippen LogP contribution in [-0.4, -0.2) is 17.5 Å². The quantitative estimate of drug-likeness (QED) is 0.350. The Kier molecular flexibility index (Phi) is 16.5. The van der Waals surface area contributed by atoms with Crippen LogP contribution in [0.4, 0.5) is 0 Å². The van der Waals surface area contributed by atoms with Crippen LogP contribution in [0.2, 0.25) is 0 Å². The predicted molar refractivity (Wildman–Crippen MR) is 73.2 cm³/mol. The molecule has 0 bridgehead atoms. The average Bonchev–Trinajstić information content (AvgIpc) is 2.12. The Bertz CT molecular complexity index is 142. The average molecular weight is 316 g/mol. The Morgan fingerprint density at radius 2 is 1.47 bits per heavy atom. The van der Waals surface area contributed by atoms with Crippen molar-refractivity contribution in [1.82, 2.24) is 0 Å². The van der Waals surface area contributed by atoms with Gasteiger partial charge in [0, 0.05) is 0 Å². The second-order valence-corrected chi connectivity index (χ2v) is 8.90. The van der Waals surface area contributed by atoms with Gasteiger partial charge in [-0.2, -0.15) is 0 Å². The van der Waals surface area contributed by atoms with E-state index in [1.165, 1.54) is 12.6 Å². The van der Waals surface area contributed by atoms with E-state index in [4.69, 9.17) is 20.4 Å². The van der Waals surface area contributed by atoms with Gasteiger partial charge in [0.05, 0.1) is 0 Å². The number of hydrogen-bond donors (Lipinski definition) is 0. The van der Waals surface area contributed by atoms with Crippen LogP contribution < -0.4 is 0 Å². The van der Waals surface area contributed by atoms with Crippen LogP contribution in [0.25, 0.3) is 0 Å². The fourth-order valence-electron chi connectivity index (χ4n) is 1.38. The molecule has 4 heteroatoms. The minimum atomic E-state index is 0.223. The molecule has 0 radical (unpaired) electrons. The summed E-state index contributed by atoms with van der Waals surface area (Å²) in [5.41, 5.74) is 1.75. The topological polar surface area (TPSA) is 0 Å². The van der Waals surface area contributed by atoms with Gasteiger partial charge in [0.15, 0.2) is 0 Å². The van der Waals surface area contributed by atoms with Gasteiger partial charge in [0.2, 0.25) is 0 Å². The monoisotopic (exact) mass is 314 g/mol. The number of halogens is 2. The molecule has 0 aliphatic heterocycles. The van der Waals surface area contributed by atoms with Crippen LogP contribution in [0.1, 0.15) is 41.0 Å². The van der Waals surface area contributed by atoms with Crippen LogP contribution in [0, 0.1) is 0 Å². The second-order valence-electron chi connectivity index (χ2n) is 3.81. The fraction of sp³-hybridized carbons (Fsp3) is 0.818. The summed E-state index contributed by atoms with van der Waals surface area (Å²) in [6, 6.07) is 0. The Balaban J connectivity index is 0. The Morgan fingerprint density at radius 1 is 1.07 bits per heavy atom. The van der Waals surface area contributed by atoms with Gasteiger partial charge in [-0.1, -0.05) is 54.7 Å². The summed E-state index contributed by atoms with van der Waals surface area (Å²) < 4.78 is 0. The van der Waals surface area contributed by atoms with Crippen molar-refractivity contribution in [2.75, 3.05) is 6.16 Å². The molecule has 96 valence electrons. The zero-order chi connectivity index (χ0) is 12.3. The molecule has 0 N–H and O–H groups in total. The molecule has 0 aromatic carbocycles. The second kappa shape index (κ2) is 13.3. The molecular weight excluding hydrogens is 293 g/mol. The van der Waals surface area contributed by atoms with Gasteiger partial charge in [-0.25, -0.2) is 0 Å². The van der Waals surface area contributed by atoms with Gasteiger partial charge in [-0.15, -0.1) is 0 Å². The van der Waals surface area contributed by atoms with Crippen LogP contribution in [0.15, 0.2) is 12.2 Å². The molecular formula is C11H23Cl2NiP. The zero-order valence-electron chi connectivity index (χ0n) is 10.2. The van der Waals surface area contributed by atoms with E-state index in [2.05, 4.69) is 46.8 Å². The molecule has 0 aliphatic carbocycles. The summed E-state index contributed by atoms with van der Waals surface area (Å²) >= 11 is 0.569. The molecule has 0 unspecified atom stereocenters. The first-order valence-electron chi connectivity index (χ1n) is 5.24. The molecule has 0 fully saturated rings. The molecule has 0 saturated heterocycles. The van der Waals surface area contributed by atoms with Crippen molar-refractivity contribution in [2.24, 2.45) is 0 Å². The van der Waals surface area contributed by atoms with Gasteiger partial charge in [-0.05, 0) is 23.9 Å². The van der Waals surface area contributed by atoms with Crippen LogP contribution in [-0.2, 0) is 12.7 Å². The first kappa shape index (κ1) is 18.6. The summed E-state index contributed by atoms with van der Waals surface area (Å²) in [5.74, 6) is 0. The van der Waals surface area contributed by atoms with E-state index in [0.717, 1.165) is 11.3 Å². The van der Waals surface area contributed by atoms with Gasteiger partial charge < -0.3 is 0 Å². The summed E-state index contributed by atoms with van der Waals surface area (Å²) in [7, 11) is 9.63. The van der Waals surface area contributed by atoms with Crippen LogP contribution >= 0.6 is 28.3 Å². The first-order valence-corrected chi connectivity index (χ1v) is 9.62. The fourth-order valence-corrected chi connectivity index (χ4v) is 3.81. The summed E-state index contributed by atoms with van der Waals surface area (Å²) in [5, 5.41) is 0. The van der Waals surface area contributed by atoms with Crippen molar-refractivity contribution in [1.29, 1.82) is 0 Å². The van der Waals surface area contributed by atoms with Crippen molar-refractivity contribution < 1.29 is 12.7 Å².